The monoisotopic (exact) mass is 225 g/mol. The van der Waals surface area contributed by atoms with E-state index in [4.69, 9.17) is 0 Å². The molecule has 94 valence electrons. The molecule has 2 aliphatic rings. The average molecular weight is 225 g/mol. The van der Waals surface area contributed by atoms with Gasteiger partial charge in [0.15, 0.2) is 0 Å². The van der Waals surface area contributed by atoms with Gasteiger partial charge in [0.1, 0.15) is 0 Å². The third-order valence-electron chi connectivity index (χ3n) is 4.46. The van der Waals surface area contributed by atoms with Gasteiger partial charge < -0.3 is 5.11 Å². The van der Waals surface area contributed by atoms with Crippen molar-refractivity contribution in [2.75, 3.05) is 13.1 Å². The van der Waals surface area contributed by atoms with Crippen molar-refractivity contribution in [1.29, 1.82) is 0 Å². The summed E-state index contributed by atoms with van der Waals surface area (Å²) in [6, 6.07) is 0.466. The number of aliphatic hydroxyl groups is 1. The van der Waals surface area contributed by atoms with Crippen molar-refractivity contribution in [2.45, 2.75) is 70.4 Å². The molecule has 0 bridgehead atoms. The molecule has 0 amide bonds. The smallest absolute Gasteiger partial charge is 0.0695 e. The maximum atomic E-state index is 10.2. The van der Waals surface area contributed by atoms with Crippen LogP contribution in [0.3, 0.4) is 0 Å². The predicted octanol–water partition coefficient (Wildman–Crippen LogP) is 2.80. The van der Waals surface area contributed by atoms with Crippen LogP contribution in [0.15, 0.2) is 0 Å². The first-order valence-corrected chi connectivity index (χ1v) is 7.19. The second-order valence-electron chi connectivity index (χ2n) is 5.84. The highest BCUT2D eigenvalue weighted by molar-refractivity contribution is 4.83. The van der Waals surface area contributed by atoms with Gasteiger partial charge in [0.05, 0.1) is 6.10 Å². The van der Waals surface area contributed by atoms with Crippen LogP contribution in [0.25, 0.3) is 0 Å². The Morgan fingerprint density at radius 3 is 2.56 bits per heavy atom. The molecule has 1 saturated carbocycles. The maximum Gasteiger partial charge on any atom is 0.0695 e. The number of nitrogens with zero attached hydrogens (tertiary/aromatic N) is 1. The molecule has 0 aromatic heterocycles. The van der Waals surface area contributed by atoms with Gasteiger partial charge in [-0.2, -0.15) is 0 Å². The van der Waals surface area contributed by atoms with Crippen LogP contribution in [0.2, 0.25) is 0 Å². The highest BCUT2D eigenvalue weighted by Crippen LogP contribution is 2.26. The van der Waals surface area contributed by atoms with E-state index in [1.807, 2.05) is 0 Å². The molecular weight excluding hydrogens is 198 g/mol. The third kappa shape index (κ3) is 3.21. The molecule has 0 aromatic carbocycles. The zero-order chi connectivity index (χ0) is 11.4. The standard InChI is InChI=1S/C14H27NO/c1-12-6-5-10-15(11-9-12)13-7-3-2-4-8-14(13)16/h12-14,16H,2-11H2,1H3. The normalized spacial score (nSPS) is 39.0. The van der Waals surface area contributed by atoms with Crippen molar-refractivity contribution in [2.24, 2.45) is 5.92 Å². The van der Waals surface area contributed by atoms with E-state index in [-0.39, 0.29) is 6.10 Å². The lowest BCUT2D eigenvalue weighted by Crippen LogP contribution is -2.43. The van der Waals surface area contributed by atoms with Gasteiger partial charge in [-0.25, -0.2) is 0 Å². The highest BCUT2D eigenvalue weighted by atomic mass is 16.3. The summed E-state index contributed by atoms with van der Waals surface area (Å²) in [5, 5.41) is 10.2. The molecule has 2 heteroatoms. The van der Waals surface area contributed by atoms with Crippen molar-refractivity contribution in [3.63, 3.8) is 0 Å². The number of aliphatic hydroxyl groups excluding tert-OH is 1. The summed E-state index contributed by atoms with van der Waals surface area (Å²) < 4.78 is 0. The molecule has 0 aromatic rings. The Morgan fingerprint density at radius 2 is 1.69 bits per heavy atom. The Kier molecular flexibility index (Phi) is 4.66. The molecule has 2 nitrogen and oxygen atoms in total. The first-order chi connectivity index (χ1) is 7.77. The van der Waals surface area contributed by atoms with Crippen LogP contribution in [0.4, 0.5) is 0 Å². The Balaban J connectivity index is 1.93. The van der Waals surface area contributed by atoms with Crippen LogP contribution in [0.1, 0.15) is 58.3 Å². The zero-order valence-corrected chi connectivity index (χ0v) is 10.7. The van der Waals surface area contributed by atoms with E-state index in [0.717, 1.165) is 12.3 Å². The van der Waals surface area contributed by atoms with Crippen LogP contribution in [0.5, 0.6) is 0 Å². The van der Waals surface area contributed by atoms with E-state index in [1.54, 1.807) is 0 Å². The molecule has 1 aliphatic carbocycles. The third-order valence-corrected chi connectivity index (χ3v) is 4.46. The molecule has 2 fully saturated rings. The molecule has 2 rings (SSSR count). The van der Waals surface area contributed by atoms with E-state index in [0.29, 0.717) is 6.04 Å². The average Bonchev–Trinajstić information content (AvgIpc) is 2.59. The summed E-state index contributed by atoms with van der Waals surface area (Å²) in [6.07, 6.45) is 10.1. The van der Waals surface area contributed by atoms with Gasteiger partial charge in [0.25, 0.3) is 0 Å². The second kappa shape index (κ2) is 6.02. The Labute approximate surface area is 100 Å². The van der Waals surface area contributed by atoms with Gasteiger partial charge in [-0.05, 0) is 51.1 Å². The zero-order valence-electron chi connectivity index (χ0n) is 10.7. The second-order valence-corrected chi connectivity index (χ2v) is 5.84. The van der Waals surface area contributed by atoms with Crippen molar-refractivity contribution in [3.05, 3.63) is 0 Å². The van der Waals surface area contributed by atoms with Crippen molar-refractivity contribution >= 4 is 0 Å². The van der Waals surface area contributed by atoms with Gasteiger partial charge >= 0.3 is 0 Å². The summed E-state index contributed by atoms with van der Waals surface area (Å²) in [4.78, 5) is 2.58. The molecule has 0 spiro atoms. The van der Waals surface area contributed by atoms with Crippen LogP contribution in [-0.2, 0) is 0 Å². The van der Waals surface area contributed by atoms with Gasteiger partial charge in [-0.15, -0.1) is 0 Å². The fraction of sp³-hybridized carbons (Fsp3) is 1.00. The van der Waals surface area contributed by atoms with E-state index >= 15 is 0 Å². The van der Waals surface area contributed by atoms with Crippen molar-refractivity contribution in [1.82, 2.24) is 4.90 Å². The fourth-order valence-corrected chi connectivity index (χ4v) is 3.31. The summed E-state index contributed by atoms with van der Waals surface area (Å²) in [6.45, 7) is 4.79. The quantitative estimate of drug-likeness (QED) is 0.694. The predicted molar refractivity (Wildman–Crippen MR) is 67.5 cm³/mol. The summed E-state index contributed by atoms with van der Waals surface area (Å²) >= 11 is 0. The summed E-state index contributed by atoms with van der Waals surface area (Å²) in [5.41, 5.74) is 0. The van der Waals surface area contributed by atoms with Gasteiger partial charge in [0.2, 0.25) is 0 Å². The van der Waals surface area contributed by atoms with Gasteiger partial charge in [-0.1, -0.05) is 26.2 Å². The van der Waals surface area contributed by atoms with Crippen LogP contribution in [-0.4, -0.2) is 35.2 Å². The van der Waals surface area contributed by atoms with Crippen LogP contribution >= 0.6 is 0 Å². The lowest BCUT2D eigenvalue weighted by molar-refractivity contribution is 0.0453. The highest BCUT2D eigenvalue weighted by Gasteiger charge is 2.28. The van der Waals surface area contributed by atoms with Gasteiger partial charge in [0, 0.05) is 6.04 Å². The minimum Gasteiger partial charge on any atom is -0.391 e. The van der Waals surface area contributed by atoms with Crippen molar-refractivity contribution < 1.29 is 5.11 Å². The molecule has 16 heavy (non-hydrogen) atoms. The van der Waals surface area contributed by atoms with Gasteiger partial charge in [-0.3, -0.25) is 4.90 Å². The van der Waals surface area contributed by atoms with E-state index in [9.17, 15) is 5.11 Å². The first-order valence-electron chi connectivity index (χ1n) is 7.19. The number of hydrogen-bond donors (Lipinski definition) is 1. The topological polar surface area (TPSA) is 23.5 Å². The number of likely N-dealkylation sites (tertiary alicyclic amines) is 1. The molecule has 1 N–H and O–H groups in total. The molecule has 1 saturated heterocycles. The molecule has 1 heterocycles. The van der Waals surface area contributed by atoms with E-state index < -0.39 is 0 Å². The summed E-state index contributed by atoms with van der Waals surface area (Å²) in [7, 11) is 0. The molecule has 1 aliphatic heterocycles. The Morgan fingerprint density at radius 1 is 0.875 bits per heavy atom. The largest absolute Gasteiger partial charge is 0.391 e. The minimum atomic E-state index is -0.0593. The van der Waals surface area contributed by atoms with Crippen LogP contribution in [0, 0.1) is 5.92 Å². The number of hydrogen-bond acceptors (Lipinski definition) is 2. The first kappa shape index (κ1) is 12.4. The Bertz CT molecular complexity index is 207. The lowest BCUT2D eigenvalue weighted by Gasteiger charge is -2.33. The molecule has 0 radical (unpaired) electrons. The van der Waals surface area contributed by atoms with Crippen LogP contribution < -0.4 is 0 Å². The number of rotatable bonds is 1. The van der Waals surface area contributed by atoms with E-state index in [1.165, 1.54) is 58.0 Å². The Hall–Kier alpha value is -0.0800. The fourth-order valence-electron chi connectivity index (χ4n) is 3.31. The molecular formula is C14H27NO. The van der Waals surface area contributed by atoms with E-state index in [2.05, 4.69) is 11.8 Å². The maximum absolute atomic E-state index is 10.2. The lowest BCUT2D eigenvalue weighted by atomic mass is 10.0. The summed E-state index contributed by atoms with van der Waals surface area (Å²) in [5.74, 6) is 0.882. The van der Waals surface area contributed by atoms with Crippen molar-refractivity contribution in [3.8, 4) is 0 Å². The molecule has 3 unspecified atom stereocenters. The SMILES string of the molecule is CC1CCCN(C2CCCCCC2O)CC1. The molecule has 3 atom stereocenters. The minimum absolute atomic E-state index is 0.0593.